The Labute approximate surface area is 158 Å². The molecule has 2 aromatic rings. The van der Waals surface area contributed by atoms with E-state index in [1.165, 1.54) is 16.7 Å². The van der Waals surface area contributed by atoms with Crippen molar-refractivity contribution in [3.63, 3.8) is 0 Å². The molecule has 0 aliphatic rings. The molecule has 2 aromatic carbocycles. The Hall–Kier alpha value is -2.41. The van der Waals surface area contributed by atoms with Crippen LogP contribution in [0.4, 0.5) is 0 Å². The molecule has 0 amide bonds. The summed E-state index contributed by atoms with van der Waals surface area (Å²) in [7, 11) is 0. The predicted molar refractivity (Wildman–Crippen MR) is 112 cm³/mol. The highest BCUT2D eigenvalue weighted by Crippen LogP contribution is 2.23. The van der Waals surface area contributed by atoms with Crippen molar-refractivity contribution in [2.24, 2.45) is 11.8 Å². The van der Waals surface area contributed by atoms with E-state index in [4.69, 9.17) is 0 Å². The SMILES string of the molecule is C=CCC(C/C=C/c1ccccc1)C(=O)C(CC)Cc1ccc(C)cc1. The summed E-state index contributed by atoms with van der Waals surface area (Å²) in [6.07, 6.45) is 9.31. The van der Waals surface area contributed by atoms with E-state index in [-0.39, 0.29) is 11.8 Å². The summed E-state index contributed by atoms with van der Waals surface area (Å²) in [5, 5.41) is 0. The fourth-order valence-electron chi connectivity index (χ4n) is 3.25. The van der Waals surface area contributed by atoms with Gasteiger partial charge in [-0.1, -0.05) is 85.3 Å². The molecule has 0 bridgehead atoms. The van der Waals surface area contributed by atoms with Crippen LogP contribution in [0.3, 0.4) is 0 Å². The van der Waals surface area contributed by atoms with Crippen LogP contribution in [0.1, 0.15) is 42.9 Å². The first-order chi connectivity index (χ1) is 12.6. The van der Waals surface area contributed by atoms with Gasteiger partial charge < -0.3 is 0 Å². The lowest BCUT2D eigenvalue weighted by molar-refractivity contribution is -0.126. The quantitative estimate of drug-likeness (QED) is 0.453. The number of hydrogen-bond donors (Lipinski definition) is 0. The average molecular weight is 347 g/mol. The molecule has 0 aliphatic heterocycles. The standard InChI is InChI=1S/C25H30O/c1-4-10-24(14-9-13-21-11-7-6-8-12-21)25(26)23(5-2)19-22-17-15-20(3)16-18-22/h4,6-9,11-13,15-18,23-24H,1,5,10,14,19H2,2-3H3/b13-9+. The number of carbonyl (C=O) groups excluding carboxylic acids is 1. The number of allylic oxidation sites excluding steroid dienone is 2. The Morgan fingerprint density at radius 1 is 1.00 bits per heavy atom. The first-order valence-electron chi connectivity index (χ1n) is 9.55. The zero-order valence-corrected chi connectivity index (χ0v) is 16.0. The van der Waals surface area contributed by atoms with Gasteiger partial charge in [0.25, 0.3) is 0 Å². The van der Waals surface area contributed by atoms with Gasteiger partial charge >= 0.3 is 0 Å². The van der Waals surface area contributed by atoms with Gasteiger partial charge in [-0.05, 0) is 43.7 Å². The molecule has 26 heavy (non-hydrogen) atoms. The molecule has 1 nitrogen and oxygen atoms in total. The smallest absolute Gasteiger partial charge is 0.139 e. The maximum Gasteiger partial charge on any atom is 0.139 e. The van der Waals surface area contributed by atoms with E-state index in [2.05, 4.69) is 69.0 Å². The first-order valence-corrected chi connectivity index (χ1v) is 9.55. The van der Waals surface area contributed by atoms with Crippen molar-refractivity contribution in [2.75, 3.05) is 0 Å². The van der Waals surface area contributed by atoms with Crippen LogP contribution in [0.15, 0.2) is 73.3 Å². The summed E-state index contributed by atoms with van der Waals surface area (Å²) in [6.45, 7) is 8.05. The molecule has 0 fully saturated rings. The molecule has 2 unspecified atom stereocenters. The van der Waals surface area contributed by atoms with Gasteiger partial charge in [-0.2, -0.15) is 0 Å². The van der Waals surface area contributed by atoms with Crippen molar-refractivity contribution < 1.29 is 4.79 Å². The number of ketones is 1. The highest BCUT2D eigenvalue weighted by atomic mass is 16.1. The fourth-order valence-corrected chi connectivity index (χ4v) is 3.25. The van der Waals surface area contributed by atoms with Crippen molar-refractivity contribution >= 4 is 11.9 Å². The minimum atomic E-state index is 0.0165. The monoisotopic (exact) mass is 346 g/mol. The molecule has 0 N–H and O–H groups in total. The molecule has 0 aliphatic carbocycles. The summed E-state index contributed by atoms with van der Waals surface area (Å²) < 4.78 is 0. The molecule has 0 heterocycles. The van der Waals surface area contributed by atoms with Crippen LogP contribution in [-0.2, 0) is 11.2 Å². The zero-order chi connectivity index (χ0) is 18.8. The predicted octanol–water partition coefficient (Wildman–Crippen LogP) is 6.43. The van der Waals surface area contributed by atoms with Crippen molar-refractivity contribution in [1.29, 1.82) is 0 Å². The normalized spacial score (nSPS) is 13.5. The van der Waals surface area contributed by atoms with Crippen LogP contribution in [0.25, 0.3) is 6.08 Å². The minimum absolute atomic E-state index is 0.0165. The maximum atomic E-state index is 13.1. The molecule has 0 radical (unpaired) electrons. The number of carbonyl (C=O) groups is 1. The molecule has 0 saturated heterocycles. The van der Waals surface area contributed by atoms with Gasteiger partial charge in [0.15, 0.2) is 0 Å². The summed E-state index contributed by atoms with van der Waals surface area (Å²) in [4.78, 5) is 13.1. The number of Topliss-reactive ketones (excluding diaryl/α,β-unsaturated/α-hetero) is 1. The van der Waals surface area contributed by atoms with E-state index in [1.807, 2.05) is 24.3 Å². The minimum Gasteiger partial charge on any atom is -0.299 e. The molecule has 1 heteroatoms. The number of rotatable bonds is 10. The van der Waals surface area contributed by atoms with Crippen LogP contribution >= 0.6 is 0 Å². The second-order valence-corrected chi connectivity index (χ2v) is 6.97. The highest BCUT2D eigenvalue weighted by Gasteiger charge is 2.24. The van der Waals surface area contributed by atoms with Gasteiger partial charge in [-0.25, -0.2) is 0 Å². The maximum absolute atomic E-state index is 13.1. The summed E-state index contributed by atoms with van der Waals surface area (Å²) in [5.74, 6) is 0.460. The largest absolute Gasteiger partial charge is 0.299 e. The average Bonchev–Trinajstić information content (AvgIpc) is 2.67. The second kappa shape index (κ2) is 10.6. The second-order valence-electron chi connectivity index (χ2n) is 6.97. The van der Waals surface area contributed by atoms with E-state index in [0.29, 0.717) is 5.78 Å². The zero-order valence-electron chi connectivity index (χ0n) is 16.0. The molecule has 0 saturated carbocycles. The van der Waals surface area contributed by atoms with Crippen molar-refractivity contribution in [2.45, 2.75) is 39.5 Å². The van der Waals surface area contributed by atoms with Crippen LogP contribution in [0, 0.1) is 18.8 Å². The van der Waals surface area contributed by atoms with Crippen molar-refractivity contribution in [1.82, 2.24) is 0 Å². The van der Waals surface area contributed by atoms with Gasteiger partial charge in [-0.15, -0.1) is 6.58 Å². The molecule has 2 atom stereocenters. The Morgan fingerprint density at radius 3 is 2.31 bits per heavy atom. The van der Waals surface area contributed by atoms with E-state index in [0.717, 1.165) is 25.7 Å². The van der Waals surface area contributed by atoms with E-state index < -0.39 is 0 Å². The first kappa shape index (κ1) is 19.9. The van der Waals surface area contributed by atoms with Gasteiger partial charge in [0.2, 0.25) is 0 Å². The molecular formula is C25H30O. The molecular weight excluding hydrogens is 316 g/mol. The van der Waals surface area contributed by atoms with E-state index >= 15 is 0 Å². The third kappa shape index (κ3) is 6.15. The van der Waals surface area contributed by atoms with Crippen molar-refractivity contribution in [3.05, 3.63) is 90.0 Å². The molecule has 136 valence electrons. The van der Waals surface area contributed by atoms with Gasteiger partial charge in [0.05, 0.1) is 0 Å². The highest BCUT2D eigenvalue weighted by molar-refractivity contribution is 5.84. The Kier molecular flexibility index (Phi) is 8.08. The lowest BCUT2D eigenvalue weighted by atomic mass is 9.83. The van der Waals surface area contributed by atoms with Gasteiger partial charge in [-0.3, -0.25) is 4.79 Å². The molecule has 2 rings (SSSR count). The Morgan fingerprint density at radius 2 is 1.69 bits per heavy atom. The Balaban J connectivity index is 2.03. The number of aryl methyl sites for hydroxylation is 1. The van der Waals surface area contributed by atoms with Crippen LogP contribution in [0.5, 0.6) is 0 Å². The summed E-state index contributed by atoms with van der Waals surface area (Å²) in [6, 6.07) is 18.7. The van der Waals surface area contributed by atoms with E-state index in [1.54, 1.807) is 0 Å². The van der Waals surface area contributed by atoms with Crippen molar-refractivity contribution in [3.8, 4) is 0 Å². The Bertz CT molecular complexity index is 710. The number of hydrogen-bond acceptors (Lipinski definition) is 1. The van der Waals surface area contributed by atoms with Crippen LogP contribution < -0.4 is 0 Å². The summed E-state index contributed by atoms with van der Waals surface area (Å²) in [5.41, 5.74) is 3.67. The van der Waals surface area contributed by atoms with Gasteiger partial charge in [0.1, 0.15) is 5.78 Å². The van der Waals surface area contributed by atoms with E-state index in [9.17, 15) is 4.79 Å². The van der Waals surface area contributed by atoms with Crippen LogP contribution in [0.2, 0.25) is 0 Å². The lowest BCUT2D eigenvalue weighted by Gasteiger charge is -2.20. The third-order valence-corrected chi connectivity index (χ3v) is 4.88. The topological polar surface area (TPSA) is 17.1 Å². The molecule has 0 spiro atoms. The number of benzene rings is 2. The summed E-state index contributed by atoms with van der Waals surface area (Å²) >= 11 is 0. The molecule has 0 aromatic heterocycles. The lowest BCUT2D eigenvalue weighted by Crippen LogP contribution is -2.24. The fraction of sp³-hybridized carbons (Fsp3) is 0.320. The van der Waals surface area contributed by atoms with Gasteiger partial charge in [0, 0.05) is 11.8 Å². The third-order valence-electron chi connectivity index (χ3n) is 4.88. The van der Waals surface area contributed by atoms with Crippen LogP contribution in [-0.4, -0.2) is 5.78 Å².